The minimum atomic E-state index is -0.354. The molecule has 25 heavy (non-hydrogen) atoms. The monoisotopic (exact) mass is 338 g/mol. The van der Waals surface area contributed by atoms with Gasteiger partial charge in [0.1, 0.15) is 12.4 Å². The number of methoxy groups -OCH3 is 1. The molecule has 1 fully saturated rings. The molecular weight excluding hydrogens is 316 g/mol. The molecule has 0 aromatic heterocycles. The number of hydrogen-bond donors (Lipinski definition) is 0. The molecule has 1 aliphatic rings. The molecule has 2 aromatic rings. The molecule has 0 radical (unpaired) electrons. The van der Waals surface area contributed by atoms with Crippen LogP contribution in [0.25, 0.3) is 11.6 Å². The van der Waals surface area contributed by atoms with Gasteiger partial charge in [-0.15, -0.1) is 0 Å². The molecule has 1 atom stereocenters. The fourth-order valence-electron chi connectivity index (χ4n) is 2.84. The van der Waals surface area contributed by atoms with Crippen LogP contribution >= 0.6 is 0 Å². The molecule has 0 N–H and O–H groups in total. The number of carbonyl (C=O) groups is 1. The molecule has 0 saturated carbocycles. The van der Waals surface area contributed by atoms with Crippen molar-refractivity contribution in [1.29, 1.82) is 0 Å². The Morgan fingerprint density at radius 2 is 1.92 bits per heavy atom. The van der Waals surface area contributed by atoms with Gasteiger partial charge in [0.2, 0.25) is 0 Å². The minimum absolute atomic E-state index is 0.00670. The Morgan fingerprint density at radius 1 is 1.16 bits per heavy atom. The quantitative estimate of drug-likeness (QED) is 0.454. The van der Waals surface area contributed by atoms with Gasteiger partial charge in [-0.3, -0.25) is 0 Å². The van der Waals surface area contributed by atoms with E-state index in [9.17, 15) is 4.79 Å². The predicted molar refractivity (Wildman–Crippen MR) is 97.2 cm³/mol. The second-order valence-electron chi connectivity index (χ2n) is 5.90. The van der Waals surface area contributed by atoms with Gasteiger partial charge in [0, 0.05) is 12.2 Å². The van der Waals surface area contributed by atoms with Crippen LogP contribution in [-0.2, 0) is 14.3 Å². The Bertz CT molecular complexity index is 731. The van der Waals surface area contributed by atoms with Gasteiger partial charge in [-0.1, -0.05) is 48.5 Å². The number of ether oxygens (including phenoxy) is 3. The molecule has 4 nitrogen and oxygen atoms in total. The van der Waals surface area contributed by atoms with Gasteiger partial charge >= 0.3 is 5.97 Å². The molecule has 1 aliphatic heterocycles. The van der Waals surface area contributed by atoms with Crippen LogP contribution in [0, 0.1) is 0 Å². The first-order valence-corrected chi connectivity index (χ1v) is 8.47. The summed E-state index contributed by atoms with van der Waals surface area (Å²) in [6.45, 7) is 1.03. The van der Waals surface area contributed by atoms with E-state index >= 15 is 0 Å². The SMILES string of the molecule is COc1ccccc1/C=C(/C(=O)OCC1CCCO1)c1ccccc1. The summed E-state index contributed by atoms with van der Waals surface area (Å²) >= 11 is 0. The number of para-hydroxylation sites is 1. The summed E-state index contributed by atoms with van der Waals surface area (Å²) in [4.78, 5) is 12.7. The van der Waals surface area contributed by atoms with Gasteiger partial charge in [0.25, 0.3) is 0 Å². The van der Waals surface area contributed by atoms with E-state index in [0.717, 1.165) is 30.6 Å². The lowest BCUT2D eigenvalue weighted by atomic mass is 10.0. The summed E-state index contributed by atoms with van der Waals surface area (Å²) in [5.41, 5.74) is 2.15. The van der Waals surface area contributed by atoms with Crippen molar-refractivity contribution in [2.45, 2.75) is 18.9 Å². The summed E-state index contributed by atoms with van der Waals surface area (Å²) in [7, 11) is 1.62. The molecule has 3 rings (SSSR count). The smallest absolute Gasteiger partial charge is 0.338 e. The van der Waals surface area contributed by atoms with E-state index < -0.39 is 0 Å². The van der Waals surface area contributed by atoms with Crippen molar-refractivity contribution in [3.63, 3.8) is 0 Å². The fourth-order valence-corrected chi connectivity index (χ4v) is 2.84. The molecule has 1 unspecified atom stereocenters. The minimum Gasteiger partial charge on any atom is -0.496 e. The van der Waals surface area contributed by atoms with Gasteiger partial charge in [0.15, 0.2) is 0 Å². The fraction of sp³-hybridized carbons (Fsp3) is 0.286. The van der Waals surface area contributed by atoms with Crippen molar-refractivity contribution in [3.8, 4) is 5.75 Å². The van der Waals surface area contributed by atoms with Crippen molar-refractivity contribution >= 4 is 17.6 Å². The summed E-state index contributed by atoms with van der Waals surface area (Å²) in [5.74, 6) is 0.357. The first kappa shape index (κ1) is 17.2. The highest BCUT2D eigenvalue weighted by molar-refractivity contribution is 6.21. The van der Waals surface area contributed by atoms with Crippen LogP contribution in [0.3, 0.4) is 0 Å². The Hall–Kier alpha value is -2.59. The zero-order valence-electron chi connectivity index (χ0n) is 14.3. The van der Waals surface area contributed by atoms with E-state index in [4.69, 9.17) is 14.2 Å². The van der Waals surface area contributed by atoms with Gasteiger partial charge < -0.3 is 14.2 Å². The van der Waals surface area contributed by atoms with Gasteiger partial charge in [-0.25, -0.2) is 4.79 Å². The molecular formula is C21H22O4. The molecule has 0 aliphatic carbocycles. The van der Waals surface area contributed by atoms with Crippen LogP contribution in [0.5, 0.6) is 5.75 Å². The summed E-state index contributed by atoms with van der Waals surface area (Å²) < 4.78 is 16.4. The molecule has 0 amide bonds. The van der Waals surface area contributed by atoms with Crippen molar-refractivity contribution in [3.05, 3.63) is 65.7 Å². The lowest BCUT2D eigenvalue weighted by Gasteiger charge is -2.13. The maximum atomic E-state index is 12.7. The van der Waals surface area contributed by atoms with Crippen LogP contribution in [-0.4, -0.2) is 32.4 Å². The maximum Gasteiger partial charge on any atom is 0.338 e. The highest BCUT2D eigenvalue weighted by atomic mass is 16.6. The summed E-state index contributed by atoms with van der Waals surface area (Å²) in [6.07, 6.45) is 3.77. The molecule has 4 heteroatoms. The predicted octanol–water partition coefficient (Wildman–Crippen LogP) is 3.96. The Morgan fingerprint density at radius 3 is 2.64 bits per heavy atom. The van der Waals surface area contributed by atoms with Crippen LogP contribution in [0.2, 0.25) is 0 Å². The lowest BCUT2D eigenvalue weighted by molar-refractivity contribution is -0.139. The third-order valence-electron chi connectivity index (χ3n) is 4.17. The van der Waals surface area contributed by atoms with E-state index in [1.54, 1.807) is 7.11 Å². The van der Waals surface area contributed by atoms with Gasteiger partial charge in [0.05, 0.1) is 18.8 Å². The average molecular weight is 338 g/mol. The van der Waals surface area contributed by atoms with Crippen LogP contribution in [0.15, 0.2) is 54.6 Å². The Kier molecular flexibility index (Phi) is 5.86. The first-order valence-electron chi connectivity index (χ1n) is 8.47. The van der Waals surface area contributed by atoms with E-state index in [-0.39, 0.29) is 18.7 Å². The third-order valence-corrected chi connectivity index (χ3v) is 4.17. The highest BCUT2D eigenvalue weighted by Crippen LogP contribution is 2.26. The van der Waals surface area contributed by atoms with Crippen molar-refractivity contribution in [2.75, 3.05) is 20.3 Å². The lowest BCUT2D eigenvalue weighted by Crippen LogP contribution is -2.18. The van der Waals surface area contributed by atoms with E-state index in [1.165, 1.54) is 0 Å². The molecule has 0 spiro atoms. The number of benzene rings is 2. The number of rotatable bonds is 6. The van der Waals surface area contributed by atoms with E-state index in [2.05, 4.69) is 0 Å². The molecule has 2 aromatic carbocycles. The summed E-state index contributed by atoms with van der Waals surface area (Å²) in [5, 5.41) is 0. The highest BCUT2D eigenvalue weighted by Gasteiger charge is 2.20. The zero-order chi connectivity index (χ0) is 17.5. The van der Waals surface area contributed by atoms with Crippen LogP contribution in [0.4, 0.5) is 0 Å². The Balaban J connectivity index is 1.87. The topological polar surface area (TPSA) is 44.8 Å². The second kappa shape index (κ2) is 8.49. The van der Waals surface area contributed by atoms with Crippen LogP contribution < -0.4 is 4.74 Å². The second-order valence-corrected chi connectivity index (χ2v) is 5.90. The zero-order valence-corrected chi connectivity index (χ0v) is 14.3. The standard InChI is InChI=1S/C21H22O4/c1-23-20-12-6-5-10-17(20)14-19(16-8-3-2-4-9-16)21(22)25-15-18-11-7-13-24-18/h2-6,8-10,12,14,18H,7,11,13,15H2,1H3/b19-14+. The largest absolute Gasteiger partial charge is 0.496 e. The average Bonchev–Trinajstić information content (AvgIpc) is 3.19. The molecule has 130 valence electrons. The van der Waals surface area contributed by atoms with Crippen molar-refractivity contribution in [1.82, 2.24) is 0 Å². The summed E-state index contributed by atoms with van der Waals surface area (Å²) in [6, 6.07) is 17.1. The van der Waals surface area contributed by atoms with Crippen molar-refractivity contribution in [2.24, 2.45) is 0 Å². The van der Waals surface area contributed by atoms with Crippen LogP contribution in [0.1, 0.15) is 24.0 Å². The van der Waals surface area contributed by atoms with E-state index in [1.807, 2.05) is 60.7 Å². The molecule has 1 saturated heterocycles. The number of carbonyl (C=O) groups excluding carboxylic acids is 1. The first-order chi connectivity index (χ1) is 12.3. The van der Waals surface area contributed by atoms with Gasteiger partial charge in [-0.05, 0) is 30.5 Å². The number of esters is 1. The Labute approximate surface area is 148 Å². The normalized spacial score (nSPS) is 17.3. The van der Waals surface area contributed by atoms with Crippen molar-refractivity contribution < 1.29 is 19.0 Å². The molecule has 1 heterocycles. The van der Waals surface area contributed by atoms with E-state index in [0.29, 0.717) is 11.3 Å². The van der Waals surface area contributed by atoms with Gasteiger partial charge in [-0.2, -0.15) is 0 Å². The third kappa shape index (κ3) is 4.48. The maximum absolute atomic E-state index is 12.7. The number of hydrogen-bond acceptors (Lipinski definition) is 4. The molecule has 0 bridgehead atoms.